The van der Waals surface area contributed by atoms with Crippen molar-refractivity contribution in [1.29, 1.82) is 5.26 Å². The molecule has 0 saturated heterocycles. The van der Waals surface area contributed by atoms with Gasteiger partial charge in [0.1, 0.15) is 0 Å². The fraction of sp³-hybridized carbons (Fsp3) is 0.133. The molecule has 2 rings (SSSR count). The second-order valence-corrected chi connectivity index (χ2v) is 4.16. The Labute approximate surface area is 111 Å². The molecular weight excluding hydrogens is 238 g/mol. The molecule has 19 heavy (non-hydrogen) atoms. The summed E-state index contributed by atoms with van der Waals surface area (Å²) >= 11 is 0. The summed E-state index contributed by atoms with van der Waals surface area (Å²) in [6.45, 7) is 1.91. The molecule has 0 aliphatic heterocycles. The van der Waals surface area contributed by atoms with Gasteiger partial charge in [0, 0.05) is 18.0 Å². The molecule has 1 heterocycles. The third-order valence-electron chi connectivity index (χ3n) is 2.83. The van der Waals surface area contributed by atoms with Crippen LogP contribution in [-0.4, -0.2) is 10.9 Å². The van der Waals surface area contributed by atoms with Crippen LogP contribution < -0.4 is 5.32 Å². The first-order valence-corrected chi connectivity index (χ1v) is 5.91. The topological polar surface area (TPSA) is 65.8 Å². The van der Waals surface area contributed by atoms with Crippen LogP contribution in [0.15, 0.2) is 48.8 Å². The Morgan fingerprint density at radius 3 is 2.42 bits per heavy atom. The molecule has 0 aliphatic carbocycles. The molecule has 1 unspecified atom stereocenters. The SMILES string of the molecule is CC(NC(=O)c1ccc(C#N)cc1)c1ccncc1. The van der Waals surface area contributed by atoms with E-state index in [0.29, 0.717) is 11.1 Å². The lowest BCUT2D eigenvalue weighted by atomic mass is 10.1. The summed E-state index contributed by atoms with van der Waals surface area (Å²) in [7, 11) is 0. The van der Waals surface area contributed by atoms with Gasteiger partial charge in [-0.05, 0) is 48.9 Å². The molecule has 2 aromatic rings. The van der Waals surface area contributed by atoms with Crippen molar-refractivity contribution < 1.29 is 4.79 Å². The summed E-state index contributed by atoms with van der Waals surface area (Å²) in [5, 5.41) is 11.6. The van der Waals surface area contributed by atoms with Crippen LogP contribution in [0.3, 0.4) is 0 Å². The van der Waals surface area contributed by atoms with Gasteiger partial charge in [0.25, 0.3) is 5.91 Å². The van der Waals surface area contributed by atoms with Crippen molar-refractivity contribution in [2.75, 3.05) is 0 Å². The van der Waals surface area contributed by atoms with Crippen molar-refractivity contribution in [2.24, 2.45) is 0 Å². The predicted octanol–water partition coefficient (Wildman–Crippen LogP) is 2.44. The first-order chi connectivity index (χ1) is 9.20. The van der Waals surface area contributed by atoms with E-state index in [4.69, 9.17) is 5.26 Å². The van der Waals surface area contributed by atoms with Gasteiger partial charge in [-0.15, -0.1) is 0 Å². The fourth-order valence-corrected chi connectivity index (χ4v) is 1.71. The Hall–Kier alpha value is -2.67. The molecule has 0 fully saturated rings. The molecule has 0 aliphatic rings. The van der Waals surface area contributed by atoms with Gasteiger partial charge in [-0.2, -0.15) is 5.26 Å². The van der Waals surface area contributed by atoms with Crippen molar-refractivity contribution in [2.45, 2.75) is 13.0 Å². The molecule has 1 N–H and O–H groups in total. The molecule has 0 saturated carbocycles. The van der Waals surface area contributed by atoms with Gasteiger partial charge in [0.2, 0.25) is 0 Å². The zero-order valence-electron chi connectivity index (χ0n) is 10.5. The number of carbonyl (C=O) groups is 1. The highest BCUT2D eigenvalue weighted by atomic mass is 16.1. The summed E-state index contributed by atoms with van der Waals surface area (Å²) in [5.74, 6) is -0.159. The molecule has 1 atom stereocenters. The van der Waals surface area contributed by atoms with Gasteiger partial charge in [0.05, 0.1) is 17.7 Å². The van der Waals surface area contributed by atoms with E-state index in [9.17, 15) is 4.79 Å². The Morgan fingerprint density at radius 1 is 1.21 bits per heavy atom. The van der Waals surface area contributed by atoms with Gasteiger partial charge in [-0.25, -0.2) is 0 Å². The molecular formula is C15H13N3O. The van der Waals surface area contributed by atoms with Crippen molar-refractivity contribution in [1.82, 2.24) is 10.3 Å². The number of amides is 1. The van der Waals surface area contributed by atoms with Crippen molar-refractivity contribution >= 4 is 5.91 Å². The molecule has 1 amide bonds. The highest BCUT2D eigenvalue weighted by Gasteiger charge is 2.10. The van der Waals surface area contributed by atoms with E-state index in [1.54, 1.807) is 36.7 Å². The molecule has 0 bridgehead atoms. The lowest BCUT2D eigenvalue weighted by molar-refractivity contribution is 0.0940. The number of benzene rings is 1. The average molecular weight is 251 g/mol. The van der Waals surface area contributed by atoms with Crippen LogP contribution in [0.25, 0.3) is 0 Å². The Kier molecular flexibility index (Phi) is 3.89. The zero-order valence-corrected chi connectivity index (χ0v) is 10.5. The van der Waals surface area contributed by atoms with E-state index in [-0.39, 0.29) is 11.9 Å². The first-order valence-electron chi connectivity index (χ1n) is 5.91. The Morgan fingerprint density at radius 2 is 1.84 bits per heavy atom. The van der Waals surface area contributed by atoms with Gasteiger partial charge in [-0.3, -0.25) is 9.78 Å². The normalized spacial score (nSPS) is 11.4. The summed E-state index contributed by atoms with van der Waals surface area (Å²) in [6.07, 6.45) is 3.39. The van der Waals surface area contributed by atoms with E-state index in [1.807, 2.05) is 25.1 Å². The largest absolute Gasteiger partial charge is 0.346 e. The van der Waals surface area contributed by atoms with Gasteiger partial charge in [-0.1, -0.05) is 0 Å². The lowest BCUT2D eigenvalue weighted by Gasteiger charge is -2.14. The Balaban J connectivity index is 2.06. The quantitative estimate of drug-likeness (QED) is 0.911. The molecule has 0 spiro atoms. The van der Waals surface area contributed by atoms with Crippen molar-refractivity contribution in [3.05, 3.63) is 65.5 Å². The van der Waals surface area contributed by atoms with Crippen molar-refractivity contribution in [3.8, 4) is 6.07 Å². The lowest BCUT2D eigenvalue weighted by Crippen LogP contribution is -2.26. The number of nitrogens with one attached hydrogen (secondary N) is 1. The molecule has 4 heteroatoms. The highest BCUT2D eigenvalue weighted by Crippen LogP contribution is 2.12. The minimum Gasteiger partial charge on any atom is -0.346 e. The number of hydrogen-bond donors (Lipinski definition) is 1. The number of rotatable bonds is 3. The average Bonchev–Trinajstić information content (AvgIpc) is 2.48. The van der Waals surface area contributed by atoms with Crippen molar-refractivity contribution in [3.63, 3.8) is 0 Å². The van der Waals surface area contributed by atoms with Crippen LogP contribution in [0.1, 0.15) is 34.5 Å². The minimum atomic E-state index is -0.159. The number of hydrogen-bond acceptors (Lipinski definition) is 3. The van der Waals surface area contributed by atoms with Crippen LogP contribution in [0.5, 0.6) is 0 Å². The predicted molar refractivity (Wildman–Crippen MR) is 71.3 cm³/mol. The standard InChI is InChI=1S/C15H13N3O/c1-11(13-6-8-17-9-7-13)18-15(19)14-4-2-12(10-16)3-5-14/h2-9,11H,1H3,(H,18,19). The van der Waals surface area contributed by atoms with Crippen LogP contribution >= 0.6 is 0 Å². The maximum Gasteiger partial charge on any atom is 0.251 e. The molecule has 1 aromatic carbocycles. The summed E-state index contributed by atoms with van der Waals surface area (Å²) < 4.78 is 0. The minimum absolute atomic E-state index is 0.0915. The van der Waals surface area contributed by atoms with E-state index < -0.39 is 0 Å². The third kappa shape index (κ3) is 3.17. The van der Waals surface area contributed by atoms with Crippen LogP contribution in [-0.2, 0) is 0 Å². The van der Waals surface area contributed by atoms with E-state index in [1.165, 1.54) is 0 Å². The maximum atomic E-state index is 12.0. The van der Waals surface area contributed by atoms with E-state index in [0.717, 1.165) is 5.56 Å². The molecule has 4 nitrogen and oxygen atoms in total. The number of nitriles is 1. The van der Waals surface area contributed by atoms with Gasteiger partial charge in [0.15, 0.2) is 0 Å². The van der Waals surface area contributed by atoms with Gasteiger partial charge >= 0.3 is 0 Å². The second kappa shape index (κ2) is 5.78. The molecule has 0 radical (unpaired) electrons. The van der Waals surface area contributed by atoms with Crippen LogP contribution in [0, 0.1) is 11.3 Å². The second-order valence-electron chi connectivity index (χ2n) is 4.16. The van der Waals surface area contributed by atoms with E-state index >= 15 is 0 Å². The fourth-order valence-electron chi connectivity index (χ4n) is 1.71. The highest BCUT2D eigenvalue weighted by molar-refractivity contribution is 5.94. The zero-order chi connectivity index (χ0) is 13.7. The van der Waals surface area contributed by atoms with E-state index in [2.05, 4.69) is 10.3 Å². The number of aromatic nitrogens is 1. The number of carbonyl (C=O) groups excluding carboxylic acids is 1. The van der Waals surface area contributed by atoms with Crippen LogP contribution in [0.4, 0.5) is 0 Å². The summed E-state index contributed by atoms with van der Waals surface area (Å²) in [5.41, 5.74) is 2.08. The maximum absolute atomic E-state index is 12.0. The summed E-state index contributed by atoms with van der Waals surface area (Å²) in [6, 6.07) is 12.2. The van der Waals surface area contributed by atoms with Crippen LogP contribution in [0.2, 0.25) is 0 Å². The Bertz CT molecular complexity index is 600. The number of nitrogens with zero attached hydrogens (tertiary/aromatic N) is 2. The first kappa shape index (κ1) is 12.8. The molecule has 94 valence electrons. The molecule has 1 aromatic heterocycles. The third-order valence-corrected chi connectivity index (χ3v) is 2.83. The number of pyridine rings is 1. The monoisotopic (exact) mass is 251 g/mol. The summed E-state index contributed by atoms with van der Waals surface area (Å²) in [4.78, 5) is 16.0. The van der Waals surface area contributed by atoms with Gasteiger partial charge < -0.3 is 5.32 Å². The smallest absolute Gasteiger partial charge is 0.251 e.